The van der Waals surface area contributed by atoms with Crippen molar-refractivity contribution in [3.63, 3.8) is 0 Å². The Morgan fingerprint density at radius 2 is 1.71 bits per heavy atom. The third-order valence-electron chi connectivity index (χ3n) is 7.40. The Bertz CT molecular complexity index is 1830. The monoisotopic (exact) mass is 747 g/mol. The van der Waals surface area contributed by atoms with Gasteiger partial charge >= 0.3 is 15.6 Å². The van der Waals surface area contributed by atoms with Gasteiger partial charge in [0.1, 0.15) is 41.6 Å². The first-order valence-electron chi connectivity index (χ1n) is 14.3. The number of aliphatic hydroxyl groups is 4. The molecule has 1 amide bonds. The number of nitrogens with zero attached hydrogens (tertiary/aromatic N) is 4. The number of primary amides is 1. The third-order valence-corrected chi connectivity index (χ3v) is 11.0. The number of pyridine rings is 2. The number of carbonyl (C=O) groups excluding carboxylic acids is 1. The number of hydrogen-bond donors (Lipinski definition) is 8. The number of nitrogen functional groups attached to an aromatic ring is 1. The lowest BCUT2D eigenvalue weighted by molar-refractivity contribution is -0.765. The van der Waals surface area contributed by atoms with Crippen LogP contribution in [0.1, 0.15) is 29.2 Å². The van der Waals surface area contributed by atoms with E-state index in [1.807, 2.05) is 0 Å². The number of phosphoric acid groups is 2. The molecule has 10 N–H and O–H groups in total. The van der Waals surface area contributed by atoms with Crippen molar-refractivity contribution in [3.05, 3.63) is 42.4 Å². The summed E-state index contributed by atoms with van der Waals surface area (Å²) >= 11 is 1.21. The van der Waals surface area contributed by atoms with Gasteiger partial charge in [-0.25, -0.2) is 19.1 Å². The lowest BCUT2D eigenvalue weighted by Crippen LogP contribution is -2.46. The van der Waals surface area contributed by atoms with E-state index in [9.17, 15) is 44.1 Å². The highest BCUT2D eigenvalue weighted by Gasteiger charge is 2.50. The zero-order valence-electron chi connectivity index (χ0n) is 25.2. The molecule has 20 nitrogen and oxygen atoms in total. The molecule has 266 valence electrons. The molecule has 49 heavy (non-hydrogen) atoms. The Morgan fingerprint density at radius 3 is 2.37 bits per heavy atom. The Kier molecular flexibility index (Phi) is 11.4. The van der Waals surface area contributed by atoms with E-state index in [4.69, 9.17) is 36.4 Å². The predicted molar refractivity (Wildman–Crippen MR) is 166 cm³/mol. The van der Waals surface area contributed by atoms with Crippen molar-refractivity contribution < 1.29 is 71.5 Å². The summed E-state index contributed by atoms with van der Waals surface area (Å²) in [6.45, 7) is -1.82. The van der Waals surface area contributed by atoms with Gasteiger partial charge in [-0.15, -0.1) is 12.3 Å². The lowest BCUT2D eigenvalue weighted by Gasteiger charge is -2.20. The molecule has 0 radical (unpaired) electrons. The number of aliphatic hydroxyl groups excluding tert-OH is 4. The van der Waals surface area contributed by atoms with E-state index in [2.05, 4.69) is 20.2 Å². The summed E-state index contributed by atoms with van der Waals surface area (Å²) in [6.07, 6.45) is -2.26. The highest BCUT2D eigenvalue weighted by Crippen LogP contribution is 2.60. The Morgan fingerprint density at radius 1 is 1.06 bits per heavy atom. The number of phosphoric ester groups is 2. The van der Waals surface area contributed by atoms with Crippen LogP contribution in [0.3, 0.4) is 0 Å². The van der Waals surface area contributed by atoms with E-state index >= 15 is 0 Å². The van der Waals surface area contributed by atoms with Gasteiger partial charge in [0.2, 0.25) is 0 Å². The first-order valence-corrected chi connectivity index (χ1v) is 18.3. The molecule has 0 aromatic carbocycles. The van der Waals surface area contributed by atoms with Crippen molar-refractivity contribution in [1.29, 1.82) is 0 Å². The fourth-order valence-corrected chi connectivity index (χ4v) is 8.00. The van der Waals surface area contributed by atoms with Crippen LogP contribution in [-0.4, -0.2) is 106 Å². The quantitative estimate of drug-likeness (QED) is 0.0313. The number of imidazole rings is 1. The molecular formula is C26H33N6O14P2S+. The summed E-state index contributed by atoms with van der Waals surface area (Å²) < 4.78 is 52.9. The molecule has 0 saturated carbocycles. The van der Waals surface area contributed by atoms with Gasteiger partial charge in [0.05, 0.1) is 18.9 Å². The molecule has 2 fully saturated rings. The second-order valence-electron chi connectivity index (χ2n) is 10.7. The summed E-state index contributed by atoms with van der Waals surface area (Å²) in [6, 6.07) is 4.36. The highest BCUT2D eigenvalue weighted by atomic mass is 32.2. The summed E-state index contributed by atoms with van der Waals surface area (Å²) in [5, 5.41) is 42.7. The van der Waals surface area contributed by atoms with Crippen molar-refractivity contribution in [2.24, 2.45) is 5.73 Å². The van der Waals surface area contributed by atoms with Gasteiger partial charge in [-0.3, -0.25) is 18.4 Å². The Labute approximate surface area is 281 Å². The van der Waals surface area contributed by atoms with Gasteiger partial charge in [0, 0.05) is 24.4 Å². The number of fused-ring (bicyclic) bond motifs is 1. The Balaban J connectivity index is 1.20. The van der Waals surface area contributed by atoms with Crippen molar-refractivity contribution in [2.75, 3.05) is 24.7 Å². The largest absolute Gasteiger partial charge is 0.481 e. The zero-order valence-corrected chi connectivity index (χ0v) is 27.8. The zero-order chi connectivity index (χ0) is 35.7. The minimum Gasteiger partial charge on any atom is -0.397 e. The molecular weight excluding hydrogens is 714 g/mol. The number of amides is 1. The number of rotatable bonds is 14. The predicted octanol–water partition coefficient (Wildman–Crippen LogP) is -1.30. The second kappa shape index (κ2) is 15.1. The first-order chi connectivity index (χ1) is 23.1. The Hall–Kier alpha value is -3.03. The SMILES string of the molecule is C#CCCSc1nc2c(N)ccnc2n1[C@@H]1O[C@H](COP(=O)(O)OP(=O)(O)OC[C@@H]2O[C@H]([n+]3cccc(C(N)=O)c3)[C@H](O)C2O)[C@H](O)C1O. The number of aromatic nitrogens is 4. The van der Waals surface area contributed by atoms with Crippen LogP contribution in [0.15, 0.2) is 41.9 Å². The fraction of sp³-hybridized carbons (Fsp3) is 0.462. The van der Waals surface area contributed by atoms with E-state index < -0.39 is 83.8 Å². The van der Waals surface area contributed by atoms with E-state index in [0.29, 0.717) is 22.8 Å². The standard InChI is InChI=1S/C26H32N6O14P2S/c1-2-3-9-49-26-30-17-14(27)6-7-29-23(17)32(26)25-21(36)19(34)16(45-25)12-43-48(40,41)46-47(38,39)42-11-15-18(33)20(35)24(44-15)31-8-4-5-13(10-31)22(28)37/h1,4-8,10,15-16,18-21,24-25,33-36H,3,9,11-12H2,(H5-,27,28,29,37,38,39,40,41)/p+1/t15-,16+,18?,19-,20+,21?,24-,25+/m0/s1. The lowest BCUT2D eigenvalue weighted by atomic mass is 10.1. The number of ether oxygens (including phenoxy) is 2. The molecule has 5 heterocycles. The fourth-order valence-electron chi connectivity index (χ4n) is 5.02. The van der Waals surface area contributed by atoms with Crippen molar-refractivity contribution >= 4 is 50.2 Å². The third kappa shape index (κ3) is 8.31. The second-order valence-corrected chi connectivity index (χ2v) is 14.9. The van der Waals surface area contributed by atoms with E-state index in [1.54, 1.807) is 0 Å². The van der Waals surface area contributed by atoms with E-state index in [1.165, 1.54) is 57.7 Å². The molecule has 3 aromatic rings. The van der Waals surface area contributed by atoms with Crippen LogP contribution in [0.2, 0.25) is 0 Å². The maximum Gasteiger partial charge on any atom is 0.481 e. The van der Waals surface area contributed by atoms with Gasteiger partial charge in [-0.05, 0) is 12.1 Å². The average molecular weight is 748 g/mol. The normalized spacial score (nSPS) is 29.4. The van der Waals surface area contributed by atoms with Gasteiger partial charge in [0.25, 0.3) is 12.1 Å². The molecule has 5 rings (SSSR count). The molecule has 0 spiro atoms. The number of hydrogen-bond acceptors (Lipinski definition) is 16. The number of carbonyl (C=O) groups is 1. The first kappa shape index (κ1) is 37.2. The maximum atomic E-state index is 12.6. The number of terminal acetylenes is 1. The van der Waals surface area contributed by atoms with E-state index in [-0.39, 0.29) is 16.9 Å². The van der Waals surface area contributed by atoms with Gasteiger partial charge < -0.3 is 51.2 Å². The molecule has 23 heteroatoms. The van der Waals surface area contributed by atoms with Crippen molar-refractivity contribution in [3.8, 4) is 12.3 Å². The summed E-state index contributed by atoms with van der Waals surface area (Å²) in [4.78, 5) is 40.5. The van der Waals surface area contributed by atoms with Crippen molar-refractivity contribution in [1.82, 2.24) is 14.5 Å². The summed E-state index contributed by atoms with van der Waals surface area (Å²) in [5.41, 5.74) is 12.2. The number of anilines is 1. The maximum absolute atomic E-state index is 12.6. The van der Waals surface area contributed by atoms with Crippen molar-refractivity contribution in [2.45, 2.75) is 60.7 Å². The average Bonchev–Trinajstić information content (AvgIpc) is 3.65. The van der Waals surface area contributed by atoms with Crippen LogP contribution in [0.4, 0.5) is 5.69 Å². The molecule has 2 saturated heterocycles. The van der Waals surface area contributed by atoms with Crippen LogP contribution < -0.4 is 16.0 Å². The molecule has 4 unspecified atom stereocenters. The van der Waals surface area contributed by atoms with Crippen LogP contribution in [0.5, 0.6) is 0 Å². The summed E-state index contributed by atoms with van der Waals surface area (Å²) in [7, 11) is -10.8. The molecule has 3 aromatic heterocycles. The number of thioether (sulfide) groups is 1. The van der Waals surface area contributed by atoms with Crippen LogP contribution in [-0.2, 0) is 32.0 Å². The molecule has 0 bridgehead atoms. The smallest absolute Gasteiger partial charge is 0.397 e. The van der Waals surface area contributed by atoms with Crippen LogP contribution in [0.25, 0.3) is 11.2 Å². The molecule has 2 aliphatic heterocycles. The minimum absolute atomic E-state index is 0.0669. The molecule has 0 aliphatic carbocycles. The number of nitrogens with two attached hydrogens (primary N) is 2. The van der Waals surface area contributed by atoms with Gasteiger partial charge in [-0.1, -0.05) is 11.8 Å². The topological polar surface area (TPSA) is 305 Å². The van der Waals surface area contributed by atoms with Crippen LogP contribution >= 0.6 is 27.4 Å². The minimum atomic E-state index is -5.41. The molecule has 10 atom stereocenters. The van der Waals surface area contributed by atoms with E-state index in [0.717, 1.165) is 0 Å². The summed E-state index contributed by atoms with van der Waals surface area (Å²) in [5.74, 6) is 2.16. The highest BCUT2D eigenvalue weighted by molar-refractivity contribution is 7.99. The van der Waals surface area contributed by atoms with Gasteiger partial charge in [-0.2, -0.15) is 8.88 Å². The van der Waals surface area contributed by atoms with Crippen LogP contribution in [0, 0.1) is 12.3 Å². The molecule has 2 aliphatic rings. The van der Waals surface area contributed by atoms with Gasteiger partial charge in [0.15, 0.2) is 35.5 Å².